The van der Waals surface area contributed by atoms with E-state index >= 15 is 0 Å². The van der Waals surface area contributed by atoms with Crippen LogP contribution < -0.4 is 14.8 Å². The zero-order valence-electron chi connectivity index (χ0n) is 21.9. The third-order valence-electron chi connectivity index (χ3n) is 6.16. The molecule has 0 aromatic heterocycles. The molecule has 10 nitrogen and oxygen atoms in total. The molecule has 1 aliphatic rings. The monoisotopic (exact) mass is 644 g/mol. The summed E-state index contributed by atoms with van der Waals surface area (Å²) in [5.74, 6) is 0.0116. The molecule has 1 aromatic carbocycles. The van der Waals surface area contributed by atoms with Crippen LogP contribution in [0.1, 0.15) is 42.5 Å². The van der Waals surface area contributed by atoms with Gasteiger partial charge >= 0.3 is 0 Å². The van der Waals surface area contributed by atoms with E-state index in [1.807, 2.05) is 22.6 Å². The number of carbonyl (C=O) groups is 3. The molecule has 2 rings (SSSR count). The third-order valence-corrected chi connectivity index (χ3v) is 6.96. The van der Waals surface area contributed by atoms with Crippen LogP contribution in [0.15, 0.2) is 36.4 Å². The van der Waals surface area contributed by atoms with Gasteiger partial charge in [-0.15, -0.1) is 6.58 Å². The number of nitrogens with one attached hydrogen (secondary N) is 1. The number of amides is 2. The highest BCUT2D eigenvalue weighted by Gasteiger charge is 2.40. The van der Waals surface area contributed by atoms with Crippen molar-refractivity contribution in [1.29, 1.82) is 0 Å². The Hall–Kier alpha value is -2.48. The Morgan fingerprint density at radius 2 is 2.05 bits per heavy atom. The SMILES string of the molecule is C=CCCCCC(=O)N(CCOC)C1CC(C(=O)NCCO)=CC(Oc2c(I)cc(C=O)cc2OC)C1O. The molecule has 3 atom stereocenters. The van der Waals surface area contributed by atoms with Gasteiger partial charge in [0, 0.05) is 44.2 Å². The minimum atomic E-state index is -1.18. The highest BCUT2D eigenvalue weighted by atomic mass is 127. The molecule has 2 amide bonds. The number of nitrogens with zero attached hydrogens (tertiary/aromatic N) is 1. The largest absolute Gasteiger partial charge is 0.493 e. The Bertz CT molecular complexity index is 1000. The Morgan fingerprint density at radius 1 is 1.29 bits per heavy atom. The van der Waals surface area contributed by atoms with Gasteiger partial charge in [0.25, 0.3) is 0 Å². The number of hydrogen-bond donors (Lipinski definition) is 3. The van der Waals surface area contributed by atoms with Crippen molar-refractivity contribution >= 4 is 40.7 Å². The molecule has 0 heterocycles. The summed E-state index contributed by atoms with van der Waals surface area (Å²) >= 11 is 2.01. The highest BCUT2D eigenvalue weighted by Crippen LogP contribution is 2.37. The molecule has 11 heteroatoms. The number of ether oxygens (including phenoxy) is 3. The van der Waals surface area contributed by atoms with Gasteiger partial charge in [-0.05, 0) is 60.1 Å². The zero-order valence-corrected chi connectivity index (χ0v) is 24.0. The number of methoxy groups -OCH3 is 2. The number of rotatable bonds is 16. The maximum absolute atomic E-state index is 13.3. The van der Waals surface area contributed by atoms with Crippen molar-refractivity contribution in [1.82, 2.24) is 10.2 Å². The molecule has 3 N–H and O–H groups in total. The predicted molar refractivity (Wildman–Crippen MR) is 150 cm³/mol. The van der Waals surface area contributed by atoms with E-state index in [1.54, 1.807) is 17.0 Å². The van der Waals surface area contributed by atoms with Crippen LogP contribution in [0.2, 0.25) is 0 Å². The number of aldehydes is 1. The van der Waals surface area contributed by atoms with Gasteiger partial charge in [-0.25, -0.2) is 0 Å². The number of benzene rings is 1. The normalized spacial score (nSPS) is 18.8. The minimum absolute atomic E-state index is 0.0589. The van der Waals surface area contributed by atoms with Gasteiger partial charge in [0.1, 0.15) is 18.5 Å². The van der Waals surface area contributed by atoms with Crippen LogP contribution in [0, 0.1) is 3.57 Å². The zero-order chi connectivity index (χ0) is 28.1. The molecule has 1 aromatic rings. The van der Waals surface area contributed by atoms with Crippen molar-refractivity contribution in [3.05, 3.63) is 45.6 Å². The van der Waals surface area contributed by atoms with Crippen LogP contribution in [-0.2, 0) is 14.3 Å². The third kappa shape index (κ3) is 8.79. The first-order valence-electron chi connectivity index (χ1n) is 12.5. The summed E-state index contributed by atoms with van der Waals surface area (Å²) in [5.41, 5.74) is 0.715. The number of hydrogen-bond acceptors (Lipinski definition) is 8. The van der Waals surface area contributed by atoms with Crippen molar-refractivity contribution < 1.29 is 38.8 Å². The average molecular weight is 645 g/mol. The molecule has 0 spiro atoms. The Balaban J connectivity index is 2.44. The van der Waals surface area contributed by atoms with E-state index in [1.165, 1.54) is 26.4 Å². The summed E-state index contributed by atoms with van der Waals surface area (Å²) in [5, 5.41) is 23.2. The van der Waals surface area contributed by atoms with E-state index in [2.05, 4.69) is 11.9 Å². The average Bonchev–Trinajstić information content (AvgIpc) is 2.92. The standard InChI is InChI=1S/C27H37IN2O8/c1-4-5-6-7-8-24(33)30(10-12-36-2)21-15-19(27(35)29-9-11-31)16-22(25(21)34)38-26-20(28)13-18(17-32)14-23(26)37-3/h4,13-14,16-17,21-22,25,31,34H,1,5-12,15H2,2-3H3,(H,29,35). The number of aliphatic hydroxyl groups excluding tert-OH is 2. The van der Waals surface area contributed by atoms with Crippen molar-refractivity contribution in [3.8, 4) is 11.5 Å². The number of unbranched alkanes of at least 4 members (excludes halogenated alkanes) is 2. The maximum Gasteiger partial charge on any atom is 0.247 e. The molecule has 0 saturated heterocycles. The predicted octanol–water partition coefficient (Wildman–Crippen LogP) is 2.25. The van der Waals surface area contributed by atoms with Crippen LogP contribution >= 0.6 is 22.6 Å². The Kier molecular flexibility index (Phi) is 13.8. The number of carbonyl (C=O) groups excluding carboxylic acids is 3. The summed E-state index contributed by atoms with van der Waals surface area (Å²) in [4.78, 5) is 39.0. The molecule has 210 valence electrons. The summed E-state index contributed by atoms with van der Waals surface area (Å²) in [6.45, 7) is 4.02. The first-order chi connectivity index (χ1) is 18.3. The van der Waals surface area contributed by atoms with Gasteiger partial charge < -0.3 is 34.6 Å². The molecular weight excluding hydrogens is 607 g/mol. The summed E-state index contributed by atoms with van der Waals surface area (Å²) in [7, 11) is 2.97. The van der Waals surface area contributed by atoms with Gasteiger partial charge in [-0.1, -0.05) is 6.08 Å². The molecule has 3 unspecified atom stereocenters. The second-order valence-electron chi connectivity index (χ2n) is 8.78. The van der Waals surface area contributed by atoms with Gasteiger partial charge in [0.2, 0.25) is 11.8 Å². The first-order valence-corrected chi connectivity index (χ1v) is 13.6. The molecule has 0 bridgehead atoms. The van der Waals surface area contributed by atoms with Gasteiger partial charge in [-0.3, -0.25) is 14.4 Å². The quantitative estimate of drug-likeness (QED) is 0.108. The van der Waals surface area contributed by atoms with E-state index < -0.39 is 24.2 Å². The lowest BCUT2D eigenvalue weighted by Gasteiger charge is -2.40. The van der Waals surface area contributed by atoms with Crippen LogP contribution in [-0.4, -0.2) is 92.0 Å². The molecule has 0 aliphatic heterocycles. The molecule has 0 saturated carbocycles. The lowest BCUT2D eigenvalue weighted by molar-refractivity contribution is -0.139. The summed E-state index contributed by atoms with van der Waals surface area (Å²) in [6, 6.07) is 2.38. The van der Waals surface area contributed by atoms with Crippen molar-refractivity contribution in [2.24, 2.45) is 0 Å². The second kappa shape index (κ2) is 16.5. The lowest BCUT2D eigenvalue weighted by Crippen LogP contribution is -2.55. The second-order valence-corrected chi connectivity index (χ2v) is 9.94. The topological polar surface area (TPSA) is 135 Å². The van der Waals surface area contributed by atoms with Gasteiger partial charge in [-0.2, -0.15) is 0 Å². The number of halogens is 1. The molecular formula is C27H37IN2O8. The molecule has 0 fully saturated rings. The Labute approximate surface area is 237 Å². The fourth-order valence-electron chi connectivity index (χ4n) is 4.21. The smallest absolute Gasteiger partial charge is 0.247 e. The van der Waals surface area contributed by atoms with E-state index in [0.29, 0.717) is 38.9 Å². The van der Waals surface area contributed by atoms with E-state index in [0.717, 1.165) is 12.8 Å². The number of aliphatic hydroxyl groups is 2. The fraction of sp³-hybridized carbons (Fsp3) is 0.519. The lowest BCUT2D eigenvalue weighted by atomic mass is 9.88. The van der Waals surface area contributed by atoms with Crippen LogP contribution in [0.3, 0.4) is 0 Å². The maximum atomic E-state index is 13.3. The van der Waals surface area contributed by atoms with Crippen molar-refractivity contribution in [2.45, 2.75) is 50.4 Å². The van der Waals surface area contributed by atoms with Crippen LogP contribution in [0.5, 0.6) is 11.5 Å². The van der Waals surface area contributed by atoms with Gasteiger partial charge in [0.15, 0.2) is 11.5 Å². The summed E-state index contributed by atoms with van der Waals surface area (Å²) in [6.07, 6.45) is 4.49. The summed E-state index contributed by atoms with van der Waals surface area (Å²) < 4.78 is 17.4. The van der Waals surface area contributed by atoms with Crippen molar-refractivity contribution in [2.75, 3.05) is 40.5 Å². The van der Waals surface area contributed by atoms with E-state index in [4.69, 9.17) is 19.3 Å². The van der Waals surface area contributed by atoms with Crippen LogP contribution in [0.25, 0.3) is 0 Å². The molecule has 38 heavy (non-hydrogen) atoms. The van der Waals surface area contributed by atoms with Crippen LogP contribution in [0.4, 0.5) is 0 Å². The minimum Gasteiger partial charge on any atom is -0.493 e. The molecule has 1 aliphatic carbocycles. The first kappa shape index (κ1) is 31.7. The Morgan fingerprint density at radius 3 is 2.68 bits per heavy atom. The van der Waals surface area contributed by atoms with E-state index in [-0.39, 0.29) is 45.1 Å². The highest BCUT2D eigenvalue weighted by molar-refractivity contribution is 14.1. The number of allylic oxidation sites excluding steroid dienone is 1. The fourth-order valence-corrected chi connectivity index (χ4v) is 4.96. The van der Waals surface area contributed by atoms with E-state index in [9.17, 15) is 19.5 Å². The molecule has 0 radical (unpaired) electrons. The van der Waals surface area contributed by atoms with Gasteiger partial charge in [0.05, 0.1) is 29.9 Å². The van der Waals surface area contributed by atoms with Crippen molar-refractivity contribution in [3.63, 3.8) is 0 Å².